The van der Waals surface area contributed by atoms with Gasteiger partial charge >= 0.3 is 5.69 Å². The number of halogens is 4. The zero-order valence-electron chi connectivity index (χ0n) is 22.7. The third-order valence-corrected chi connectivity index (χ3v) is 7.51. The summed E-state index contributed by atoms with van der Waals surface area (Å²) >= 11 is 0. The predicted molar refractivity (Wildman–Crippen MR) is 149 cm³/mol. The summed E-state index contributed by atoms with van der Waals surface area (Å²) in [7, 11) is 0. The summed E-state index contributed by atoms with van der Waals surface area (Å²) in [6.07, 6.45) is 3.88. The molecule has 1 N–H and O–H groups in total. The van der Waals surface area contributed by atoms with Crippen molar-refractivity contribution in [3.05, 3.63) is 119 Å². The van der Waals surface area contributed by atoms with E-state index >= 15 is 0 Å². The van der Waals surface area contributed by atoms with E-state index in [1.165, 1.54) is 34.3 Å². The molecule has 1 unspecified atom stereocenters. The average Bonchev–Trinajstić information content (AvgIpc) is 3.64. The van der Waals surface area contributed by atoms with Crippen LogP contribution in [0.3, 0.4) is 0 Å². The van der Waals surface area contributed by atoms with Crippen LogP contribution >= 0.6 is 0 Å². The van der Waals surface area contributed by atoms with Gasteiger partial charge in [0.05, 0.1) is 18.8 Å². The second kappa shape index (κ2) is 11.4. The molecule has 0 aliphatic carbocycles. The van der Waals surface area contributed by atoms with Crippen LogP contribution in [-0.4, -0.2) is 60.4 Å². The Bertz CT molecular complexity index is 1780. The molecule has 3 heterocycles. The number of nitrogens with zero attached hydrogens (tertiary/aromatic N) is 8. The maximum absolute atomic E-state index is 14.8. The highest BCUT2D eigenvalue weighted by atomic mass is 19.2. The molecule has 0 spiro atoms. The van der Waals surface area contributed by atoms with E-state index in [2.05, 4.69) is 20.1 Å². The zero-order chi connectivity index (χ0) is 30.1. The van der Waals surface area contributed by atoms with E-state index in [9.17, 15) is 27.5 Å². The molecular weight excluding hydrogens is 568 g/mol. The number of benzene rings is 3. The van der Waals surface area contributed by atoms with Gasteiger partial charge < -0.3 is 14.9 Å². The summed E-state index contributed by atoms with van der Waals surface area (Å²) in [6, 6.07) is 13.9. The van der Waals surface area contributed by atoms with Gasteiger partial charge in [-0.3, -0.25) is 0 Å². The molecule has 1 aliphatic rings. The molecule has 1 saturated heterocycles. The molecule has 1 aliphatic heterocycles. The van der Waals surface area contributed by atoms with Crippen molar-refractivity contribution in [1.82, 2.24) is 29.1 Å². The largest absolute Gasteiger partial charge is 0.381 e. The summed E-state index contributed by atoms with van der Waals surface area (Å²) < 4.78 is 58.9. The van der Waals surface area contributed by atoms with E-state index in [-0.39, 0.29) is 12.1 Å². The van der Waals surface area contributed by atoms with Crippen molar-refractivity contribution in [3.8, 4) is 5.69 Å². The van der Waals surface area contributed by atoms with Crippen molar-refractivity contribution in [2.45, 2.75) is 18.7 Å². The van der Waals surface area contributed by atoms with Gasteiger partial charge in [0.15, 0.2) is 11.6 Å². The van der Waals surface area contributed by atoms with Gasteiger partial charge in [-0.25, -0.2) is 41.3 Å². The molecule has 0 amide bonds. The maximum Gasteiger partial charge on any atom is 0.350 e. The highest BCUT2D eigenvalue weighted by molar-refractivity contribution is 5.54. The molecule has 0 bridgehead atoms. The Morgan fingerprint density at radius 2 is 1.40 bits per heavy atom. The lowest BCUT2D eigenvalue weighted by atomic mass is 9.93. The van der Waals surface area contributed by atoms with Crippen LogP contribution in [0.1, 0.15) is 5.56 Å². The highest BCUT2D eigenvalue weighted by Crippen LogP contribution is 2.28. The first kappa shape index (κ1) is 28.2. The Labute approximate surface area is 242 Å². The number of aliphatic hydroxyl groups is 1. The Balaban J connectivity index is 1.18. The number of hydrogen-bond donors (Lipinski definition) is 1. The third-order valence-electron chi connectivity index (χ3n) is 7.51. The van der Waals surface area contributed by atoms with Gasteiger partial charge in [-0.2, -0.15) is 10.2 Å². The van der Waals surface area contributed by atoms with Crippen LogP contribution in [0.5, 0.6) is 0 Å². The van der Waals surface area contributed by atoms with Gasteiger partial charge in [0.25, 0.3) is 0 Å². The molecule has 5 aromatic rings. The Hall–Kier alpha value is -4.98. The lowest BCUT2D eigenvalue weighted by Gasteiger charge is -2.37. The Morgan fingerprint density at radius 3 is 2.05 bits per heavy atom. The van der Waals surface area contributed by atoms with Gasteiger partial charge in [0, 0.05) is 55.2 Å². The van der Waals surface area contributed by atoms with Crippen molar-refractivity contribution in [2.24, 2.45) is 0 Å². The van der Waals surface area contributed by atoms with Crippen LogP contribution in [0.2, 0.25) is 0 Å². The summed E-state index contributed by atoms with van der Waals surface area (Å²) in [6.45, 7) is 1.83. The first-order valence-electron chi connectivity index (χ1n) is 13.4. The minimum absolute atomic E-state index is 0.222. The van der Waals surface area contributed by atoms with Crippen LogP contribution in [0.25, 0.3) is 5.69 Å². The highest BCUT2D eigenvalue weighted by Gasteiger charge is 2.35. The minimum atomic E-state index is -2.01. The van der Waals surface area contributed by atoms with E-state index < -0.39 is 41.1 Å². The third kappa shape index (κ3) is 5.73. The quantitative estimate of drug-likeness (QED) is 0.276. The second-order valence-corrected chi connectivity index (χ2v) is 10.3. The lowest BCUT2D eigenvalue weighted by molar-refractivity contribution is -0.00948. The first-order chi connectivity index (χ1) is 20.7. The van der Waals surface area contributed by atoms with Gasteiger partial charge in [-0.05, 0) is 42.5 Å². The predicted octanol–water partition coefficient (Wildman–Crippen LogP) is 3.10. The molecule has 222 valence electrons. The lowest BCUT2D eigenvalue weighted by Crippen LogP contribution is -2.46. The van der Waals surface area contributed by atoms with E-state index in [1.807, 2.05) is 17.0 Å². The fourth-order valence-electron chi connectivity index (χ4n) is 5.27. The van der Waals surface area contributed by atoms with Crippen molar-refractivity contribution >= 4 is 11.4 Å². The molecule has 10 nitrogen and oxygen atoms in total. The van der Waals surface area contributed by atoms with Gasteiger partial charge in [-0.1, -0.05) is 6.07 Å². The van der Waals surface area contributed by atoms with E-state index in [4.69, 9.17) is 0 Å². The fraction of sp³-hybridized carbons (Fsp3) is 0.241. The van der Waals surface area contributed by atoms with E-state index in [0.29, 0.717) is 43.6 Å². The zero-order valence-corrected chi connectivity index (χ0v) is 22.7. The number of rotatable bonds is 8. The summed E-state index contributed by atoms with van der Waals surface area (Å²) in [5.74, 6) is -3.54. The molecular formula is C29H26F4N8O2. The number of anilines is 2. The molecule has 1 fully saturated rings. The van der Waals surface area contributed by atoms with E-state index in [0.717, 1.165) is 28.6 Å². The number of hydrogen-bond acceptors (Lipinski definition) is 7. The average molecular weight is 595 g/mol. The number of aromatic nitrogens is 6. The molecule has 0 radical (unpaired) electrons. The van der Waals surface area contributed by atoms with Crippen molar-refractivity contribution in [1.29, 1.82) is 0 Å². The molecule has 0 saturated carbocycles. The molecule has 3 aromatic carbocycles. The van der Waals surface area contributed by atoms with Gasteiger partial charge in [0.1, 0.15) is 36.2 Å². The smallest absolute Gasteiger partial charge is 0.350 e. The molecule has 14 heteroatoms. The maximum atomic E-state index is 14.8. The van der Waals surface area contributed by atoms with Crippen LogP contribution in [0, 0.1) is 23.3 Å². The standard InChI is InChI=1S/C29H26F4N8O2/c30-20-1-7-24(26(32)13-20)29(43,15-39-18-34-17-35-39)16-41-28(42)40(19-36-41)22-4-2-21(3-5-22)37-9-11-38(12-10-37)23-6-8-25(31)27(33)14-23/h1-8,13-14,17-19,43H,9-12,15-16H2. The summed E-state index contributed by atoms with van der Waals surface area (Å²) in [5.41, 5.74) is -0.746. The fourth-order valence-corrected chi connectivity index (χ4v) is 5.27. The van der Waals surface area contributed by atoms with Crippen LogP contribution in [-0.2, 0) is 18.7 Å². The Kier molecular flexibility index (Phi) is 7.44. The number of piperazine rings is 1. The molecule has 6 rings (SSSR count). The minimum Gasteiger partial charge on any atom is -0.381 e. The molecule has 43 heavy (non-hydrogen) atoms. The van der Waals surface area contributed by atoms with Crippen molar-refractivity contribution in [3.63, 3.8) is 0 Å². The van der Waals surface area contributed by atoms with Crippen molar-refractivity contribution < 1.29 is 22.7 Å². The van der Waals surface area contributed by atoms with Crippen LogP contribution in [0.15, 0.2) is 84.4 Å². The van der Waals surface area contributed by atoms with Gasteiger partial charge in [0.2, 0.25) is 0 Å². The van der Waals surface area contributed by atoms with Crippen LogP contribution in [0.4, 0.5) is 28.9 Å². The molecule has 1 atom stereocenters. The summed E-state index contributed by atoms with van der Waals surface area (Å²) in [4.78, 5) is 21.3. The van der Waals surface area contributed by atoms with E-state index in [1.54, 1.807) is 18.2 Å². The van der Waals surface area contributed by atoms with Crippen LogP contribution < -0.4 is 15.5 Å². The first-order valence-corrected chi connectivity index (χ1v) is 13.4. The van der Waals surface area contributed by atoms with Gasteiger partial charge in [-0.15, -0.1) is 0 Å². The monoisotopic (exact) mass is 594 g/mol. The summed E-state index contributed by atoms with van der Waals surface area (Å²) in [5, 5.41) is 19.7. The SMILES string of the molecule is O=c1n(-c2ccc(N3CCN(c4ccc(F)c(F)c4)CC3)cc2)cnn1CC(O)(Cn1cncn1)c1ccc(F)cc1F. The second-order valence-electron chi connectivity index (χ2n) is 10.3. The topological polar surface area (TPSA) is 97.2 Å². The van der Waals surface area contributed by atoms with Crippen molar-refractivity contribution in [2.75, 3.05) is 36.0 Å². The molecule has 2 aromatic heterocycles. The Morgan fingerprint density at radius 1 is 0.721 bits per heavy atom. The normalized spacial score (nSPS) is 15.1.